The molecule has 8 nitrogen and oxygen atoms in total. The van der Waals surface area contributed by atoms with Gasteiger partial charge in [-0.05, 0) is 37.6 Å². The average Bonchev–Trinajstić information content (AvgIpc) is 3.33. The number of anilines is 1. The maximum absolute atomic E-state index is 12.5. The van der Waals surface area contributed by atoms with Gasteiger partial charge in [0, 0.05) is 16.5 Å². The third-order valence-corrected chi connectivity index (χ3v) is 5.77. The lowest BCUT2D eigenvalue weighted by Gasteiger charge is -2.17. The molecule has 2 aromatic carbocycles. The molecular formula is C23H23N5O3S. The lowest BCUT2D eigenvalue weighted by atomic mass is 10.1. The minimum Gasteiger partial charge on any atom is -0.496 e. The number of imide groups is 1. The van der Waals surface area contributed by atoms with E-state index in [9.17, 15) is 9.59 Å². The van der Waals surface area contributed by atoms with E-state index in [1.807, 2.05) is 47.8 Å². The van der Waals surface area contributed by atoms with Crippen molar-refractivity contribution in [3.8, 4) is 17.0 Å². The maximum Gasteiger partial charge on any atom is 0.325 e. The van der Waals surface area contributed by atoms with Crippen molar-refractivity contribution >= 4 is 34.6 Å². The Labute approximate surface area is 189 Å². The molecule has 3 amide bonds. The summed E-state index contributed by atoms with van der Waals surface area (Å²) in [7, 11) is 1.55. The van der Waals surface area contributed by atoms with Gasteiger partial charge in [0.15, 0.2) is 0 Å². The first-order valence-corrected chi connectivity index (χ1v) is 10.9. The van der Waals surface area contributed by atoms with Crippen LogP contribution < -0.4 is 15.5 Å². The van der Waals surface area contributed by atoms with Crippen molar-refractivity contribution in [1.29, 1.82) is 0 Å². The highest BCUT2D eigenvalue weighted by atomic mass is 32.1. The Morgan fingerprint density at radius 2 is 2.00 bits per heavy atom. The van der Waals surface area contributed by atoms with E-state index < -0.39 is 11.6 Å². The molecule has 1 aromatic heterocycles. The van der Waals surface area contributed by atoms with Gasteiger partial charge in [0.25, 0.3) is 5.91 Å². The van der Waals surface area contributed by atoms with Gasteiger partial charge >= 0.3 is 6.03 Å². The minimum absolute atomic E-state index is 0.110. The SMILES string of the molecule is COc1ccc(C=NNc2nc(-c3ccccc3)cs2)cc1CN1C(=O)NC(C)(C)C1=O. The van der Waals surface area contributed by atoms with Gasteiger partial charge in [-0.15, -0.1) is 11.3 Å². The molecule has 3 aromatic rings. The van der Waals surface area contributed by atoms with Gasteiger partial charge in [-0.1, -0.05) is 30.3 Å². The summed E-state index contributed by atoms with van der Waals surface area (Å²) in [4.78, 5) is 30.5. The van der Waals surface area contributed by atoms with Crippen LogP contribution in [0.3, 0.4) is 0 Å². The van der Waals surface area contributed by atoms with Crippen LogP contribution >= 0.6 is 11.3 Å². The lowest BCUT2D eigenvalue weighted by Crippen LogP contribution is -2.40. The predicted octanol–water partition coefficient (Wildman–Crippen LogP) is 4.10. The number of hydrogen-bond donors (Lipinski definition) is 2. The number of ether oxygens (including phenoxy) is 1. The van der Waals surface area contributed by atoms with Crippen LogP contribution in [0, 0.1) is 0 Å². The summed E-state index contributed by atoms with van der Waals surface area (Å²) >= 11 is 1.47. The van der Waals surface area contributed by atoms with Gasteiger partial charge in [0.1, 0.15) is 11.3 Å². The van der Waals surface area contributed by atoms with Gasteiger partial charge in [0.05, 0.1) is 25.6 Å². The zero-order valence-corrected chi connectivity index (χ0v) is 18.8. The van der Waals surface area contributed by atoms with Crippen molar-refractivity contribution in [2.75, 3.05) is 12.5 Å². The van der Waals surface area contributed by atoms with Gasteiger partial charge in [-0.3, -0.25) is 15.1 Å². The number of methoxy groups -OCH3 is 1. The molecule has 9 heteroatoms. The van der Waals surface area contributed by atoms with Gasteiger partial charge in [-0.2, -0.15) is 5.10 Å². The van der Waals surface area contributed by atoms with Gasteiger partial charge < -0.3 is 10.1 Å². The highest BCUT2D eigenvalue weighted by molar-refractivity contribution is 7.14. The van der Waals surface area contributed by atoms with Crippen molar-refractivity contribution < 1.29 is 14.3 Å². The van der Waals surface area contributed by atoms with Crippen molar-refractivity contribution in [3.63, 3.8) is 0 Å². The highest BCUT2D eigenvalue weighted by Gasteiger charge is 2.44. The number of thiazole rings is 1. The monoisotopic (exact) mass is 449 g/mol. The number of aromatic nitrogens is 1. The van der Waals surface area contributed by atoms with Crippen LogP contribution in [0.15, 0.2) is 59.0 Å². The van der Waals surface area contributed by atoms with E-state index in [1.165, 1.54) is 16.2 Å². The summed E-state index contributed by atoms with van der Waals surface area (Å²) in [6, 6.07) is 15.0. The van der Waals surface area contributed by atoms with Crippen molar-refractivity contribution in [1.82, 2.24) is 15.2 Å². The first-order valence-electron chi connectivity index (χ1n) is 9.98. The van der Waals surface area contributed by atoms with E-state index in [0.717, 1.165) is 16.8 Å². The fourth-order valence-electron chi connectivity index (χ4n) is 3.36. The number of hydrazone groups is 1. The molecule has 164 valence electrons. The summed E-state index contributed by atoms with van der Waals surface area (Å²) in [6.07, 6.45) is 1.66. The molecule has 2 heterocycles. The number of amides is 3. The average molecular weight is 450 g/mol. The van der Waals surface area contributed by atoms with Crippen LogP contribution in [0.2, 0.25) is 0 Å². The van der Waals surface area contributed by atoms with E-state index in [1.54, 1.807) is 33.2 Å². The van der Waals surface area contributed by atoms with Crippen LogP contribution in [-0.4, -0.2) is 40.7 Å². The van der Waals surface area contributed by atoms with Crippen LogP contribution in [0.5, 0.6) is 5.75 Å². The molecule has 0 saturated carbocycles. The summed E-state index contributed by atoms with van der Waals surface area (Å²) in [5, 5.41) is 9.61. The second-order valence-corrected chi connectivity index (χ2v) is 8.65. The van der Waals surface area contributed by atoms with Crippen LogP contribution in [-0.2, 0) is 11.3 Å². The molecule has 2 N–H and O–H groups in total. The van der Waals surface area contributed by atoms with Crippen molar-refractivity contribution in [2.45, 2.75) is 25.9 Å². The largest absolute Gasteiger partial charge is 0.496 e. The van der Waals surface area contributed by atoms with E-state index in [-0.39, 0.29) is 12.5 Å². The Morgan fingerprint density at radius 3 is 2.69 bits per heavy atom. The highest BCUT2D eigenvalue weighted by Crippen LogP contribution is 2.26. The molecule has 0 atom stereocenters. The quantitative estimate of drug-likeness (QED) is 0.322. The fraction of sp³-hybridized carbons (Fsp3) is 0.217. The van der Waals surface area contributed by atoms with Crippen LogP contribution in [0.4, 0.5) is 9.93 Å². The molecule has 1 saturated heterocycles. The zero-order chi connectivity index (χ0) is 22.7. The number of carbonyl (C=O) groups is 2. The second-order valence-electron chi connectivity index (χ2n) is 7.79. The molecular weight excluding hydrogens is 426 g/mol. The van der Waals surface area contributed by atoms with E-state index in [4.69, 9.17) is 4.74 Å². The maximum atomic E-state index is 12.5. The second kappa shape index (κ2) is 8.80. The third kappa shape index (κ3) is 4.47. The molecule has 0 aliphatic carbocycles. The Balaban J connectivity index is 1.47. The van der Waals surface area contributed by atoms with Crippen LogP contribution in [0.25, 0.3) is 11.3 Å². The van der Waals surface area contributed by atoms with E-state index in [2.05, 4.69) is 20.8 Å². The number of nitrogens with zero attached hydrogens (tertiary/aromatic N) is 3. The van der Waals surface area contributed by atoms with Crippen molar-refractivity contribution in [3.05, 3.63) is 65.0 Å². The molecule has 0 spiro atoms. The summed E-state index contributed by atoms with van der Waals surface area (Å²) in [5.74, 6) is 0.316. The summed E-state index contributed by atoms with van der Waals surface area (Å²) in [5.41, 5.74) is 5.46. The molecule has 1 aliphatic heterocycles. The Hall–Kier alpha value is -3.72. The Bertz CT molecular complexity index is 1170. The first-order chi connectivity index (χ1) is 15.4. The topological polar surface area (TPSA) is 95.9 Å². The third-order valence-electron chi connectivity index (χ3n) is 5.02. The zero-order valence-electron chi connectivity index (χ0n) is 18.0. The van der Waals surface area contributed by atoms with Crippen molar-refractivity contribution in [2.24, 2.45) is 5.10 Å². The summed E-state index contributed by atoms with van der Waals surface area (Å²) in [6.45, 7) is 3.47. The smallest absolute Gasteiger partial charge is 0.325 e. The fourth-order valence-corrected chi connectivity index (χ4v) is 4.03. The molecule has 0 bridgehead atoms. The molecule has 32 heavy (non-hydrogen) atoms. The van der Waals surface area contributed by atoms with E-state index in [0.29, 0.717) is 16.4 Å². The normalized spacial score (nSPS) is 15.3. The van der Waals surface area contributed by atoms with Crippen LogP contribution in [0.1, 0.15) is 25.0 Å². The molecule has 4 rings (SSSR count). The predicted molar refractivity (Wildman–Crippen MR) is 125 cm³/mol. The summed E-state index contributed by atoms with van der Waals surface area (Å²) < 4.78 is 5.41. The lowest BCUT2D eigenvalue weighted by molar-refractivity contribution is -0.130. The number of carbonyl (C=O) groups excluding carboxylic acids is 2. The number of urea groups is 1. The Morgan fingerprint density at radius 1 is 1.22 bits per heavy atom. The van der Waals surface area contributed by atoms with Gasteiger partial charge in [-0.25, -0.2) is 9.78 Å². The molecule has 1 aliphatic rings. The first kappa shape index (κ1) is 21.5. The molecule has 0 unspecified atom stereocenters. The van der Waals surface area contributed by atoms with E-state index >= 15 is 0 Å². The Kier molecular flexibility index (Phi) is 5.91. The number of rotatable bonds is 7. The molecule has 0 radical (unpaired) electrons. The standard InChI is InChI=1S/C23H23N5O3S/c1-23(2)20(29)28(22(30)26-23)13-17-11-15(9-10-19(17)31-3)12-24-27-21-25-18(14-32-21)16-7-5-4-6-8-16/h4-12,14H,13H2,1-3H3,(H,25,27)(H,26,30). The number of hydrogen-bond acceptors (Lipinski definition) is 7. The molecule has 1 fully saturated rings. The minimum atomic E-state index is -0.917. The number of nitrogens with one attached hydrogen (secondary N) is 2. The van der Waals surface area contributed by atoms with Gasteiger partial charge in [0.2, 0.25) is 5.13 Å². The number of benzene rings is 2.